The van der Waals surface area contributed by atoms with Crippen molar-refractivity contribution in [1.29, 1.82) is 0 Å². The number of nitrogens with one attached hydrogen (secondary N) is 2. The van der Waals surface area contributed by atoms with E-state index in [1.54, 1.807) is 13.8 Å². The number of carbonyl (C=O) groups is 1. The number of nitrogens with zero attached hydrogens (tertiary/aromatic N) is 1. The van der Waals surface area contributed by atoms with Crippen LogP contribution < -0.4 is 10.0 Å². The summed E-state index contributed by atoms with van der Waals surface area (Å²) in [5.41, 5.74) is 0. The Kier molecular flexibility index (Phi) is 8.13. The van der Waals surface area contributed by atoms with Gasteiger partial charge < -0.3 is 5.32 Å². The average Bonchev–Trinajstić information content (AvgIpc) is 2.63. The molecule has 1 saturated carbocycles. The summed E-state index contributed by atoms with van der Waals surface area (Å²) < 4.78 is 26.7. The van der Waals surface area contributed by atoms with E-state index in [2.05, 4.69) is 28.8 Å². The standard InChI is InChI=1S/C20H39N3O3S/c1-14(2)27(25,26)21-12-18-9-7-11-23(13-18)17(5)20(24)22-19-10-6-8-15(3)16(19)4/h14-19,21H,6-13H2,1-5H3,(H,22,24)/t15-,16-,17+,18-,19+/m1/s1. The molecule has 0 aromatic carbocycles. The topological polar surface area (TPSA) is 78.5 Å². The molecule has 0 spiro atoms. The number of likely N-dealkylation sites (tertiary alicyclic amines) is 1. The van der Waals surface area contributed by atoms with Crippen LogP contribution in [0.25, 0.3) is 0 Å². The fraction of sp³-hybridized carbons (Fsp3) is 0.950. The Hall–Kier alpha value is -0.660. The molecule has 0 radical (unpaired) electrons. The lowest BCUT2D eigenvalue weighted by molar-refractivity contribution is -0.128. The smallest absolute Gasteiger partial charge is 0.237 e. The van der Waals surface area contributed by atoms with E-state index in [0.29, 0.717) is 18.4 Å². The van der Waals surface area contributed by atoms with Crippen LogP contribution >= 0.6 is 0 Å². The molecule has 27 heavy (non-hydrogen) atoms. The third-order valence-electron chi connectivity index (χ3n) is 6.71. The monoisotopic (exact) mass is 401 g/mol. The number of amides is 1. The van der Waals surface area contributed by atoms with E-state index in [9.17, 15) is 13.2 Å². The van der Waals surface area contributed by atoms with Crippen LogP contribution in [0.4, 0.5) is 0 Å². The third-order valence-corrected chi connectivity index (χ3v) is 8.52. The molecule has 1 amide bonds. The van der Waals surface area contributed by atoms with Crippen molar-refractivity contribution < 1.29 is 13.2 Å². The first-order valence-electron chi connectivity index (χ1n) is 10.6. The summed E-state index contributed by atoms with van der Waals surface area (Å²) in [6, 6.07) is 0.112. The largest absolute Gasteiger partial charge is 0.352 e. The van der Waals surface area contributed by atoms with Crippen molar-refractivity contribution in [2.75, 3.05) is 19.6 Å². The SMILES string of the molecule is CC(C)S(=O)(=O)NC[C@H]1CCCN([C@@H](C)C(=O)N[C@H]2CCC[C@@H](C)[C@H]2C)C1. The summed E-state index contributed by atoms with van der Waals surface area (Å²) >= 11 is 0. The molecule has 0 unspecified atom stereocenters. The van der Waals surface area contributed by atoms with Crippen molar-refractivity contribution in [3.8, 4) is 0 Å². The maximum absolute atomic E-state index is 12.8. The molecule has 1 heterocycles. The predicted octanol–water partition coefficient (Wildman–Crippen LogP) is 2.36. The Morgan fingerprint density at radius 1 is 1.11 bits per heavy atom. The van der Waals surface area contributed by atoms with Crippen LogP contribution in [0.2, 0.25) is 0 Å². The third kappa shape index (κ3) is 6.16. The molecule has 2 aliphatic rings. The summed E-state index contributed by atoms with van der Waals surface area (Å²) in [5, 5.41) is 2.87. The van der Waals surface area contributed by atoms with Gasteiger partial charge in [0.1, 0.15) is 0 Å². The number of sulfonamides is 1. The molecular weight excluding hydrogens is 362 g/mol. The van der Waals surface area contributed by atoms with Crippen LogP contribution in [0.1, 0.15) is 66.7 Å². The molecule has 0 aromatic heterocycles. The lowest BCUT2D eigenvalue weighted by atomic mass is 9.78. The predicted molar refractivity (Wildman–Crippen MR) is 110 cm³/mol. The van der Waals surface area contributed by atoms with Gasteiger partial charge in [0, 0.05) is 19.1 Å². The second kappa shape index (κ2) is 9.70. The maximum Gasteiger partial charge on any atom is 0.237 e. The van der Waals surface area contributed by atoms with E-state index < -0.39 is 15.3 Å². The van der Waals surface area contributed by atoms with Gasteiger partial charge in [-0.2, -0.15) is 0 Å². The van der Waals surface area contributed by atoms with Crippen molar-refractivity contribution >= 4 is 15.9 Å². The van der Waals surface area contributed by atoms with Gasteiger partial charge in [-0.05, 0) is 64.3 Å². The number of rotatable bonds is 7. The first-order chi connectivity index (χ1) is 12.6. The highest BCUT2D eigenvalue weighted by Gasteiger charge is 2.32. The summed E-state index contributed by atoms with van der Waals surface area (Å²) in [5.74, 6) is 1.56. The maximum atomic E-state index is 12.8. The summed E-state index contributed by atoms with van der Waals surface area (Å²) in [7, 11) is -3.23. The van der Waals surface area contributed by atoms with Crippen LogP contribution in [0.5, 0.6) is 0 Å². The average molecular weight is 402 g/mol. The van der Waals surface area contributed by atoms with E-state index in [0.717, 1.165) is 32.4 Å². The van der Waals surface area contributed by atoms with Gasteiger partial charge in [-0.3, -0.25) is 9.69 Å². The zero-order chi connectivity index (χ0) is 20.2. The normalized spacial score (nSPS) is 31.6. The van der Waals surface area contributed by atoms with E-state index in [4.69, 9.17) is 0 Å². The number of carbonyl (C=O) groups excluding carboxylic acids is 1. The molecule has 2 rings (SSSR count). The number of piperidine rings is 1. The number of hydrogen-bond acceptors (Lipinski definition) is 4. The Balaban J connectivity index is 1.86. The van der Waals surface area contributed by atoms with Crippen molar-refractivity contribution in [3.63, 3.8) is 0 Å². The Morgan fingerprint density at radius 3 is 2.48 bits per heavy atom. The van der Waals surface area contributed by atoms with E-state index in [1.165, 1.54) is 12.8 Å². The minimum Gasteiger partial charge on any atom is -0.352 e. The summed E-state index contributed by atoms with van der Waals surface area (Å²) in [6.07, 6.45) is 5.52. The molecule has 0 bridgehead atoms. The molecular formula is C20H39N3O3S. The van der Waals surface area contributed by atoms with Crippen LogP contribution in [-0.4, -0.2) is 56.2 Å². The molecule has 6 nitrogen and oxygen atoms in total. The fourth-order valence-electron chi connectivity index (χ4n) is 4.27. The van der Waals surface area contributed by atoms with Crippen molar-refractivity contribution in [2.45, 2.75) is 84.1 Å². The molecule has 0 aromatic rings. The molecule has 158 valence electrons. The van der Waals surface area contributed by atoms with Crippen LogP contribution in [0, 0.1) is 17.8 Å². The minimum atomic E-state index is -3.23. The van der Waals surface area contributed by atoms with E-state index >= 15 is 0 Å². The zero-order valence-electron chi connectivity index (χ0n) is 17.7. The first-order valence-corrected chi connectivity index (χ1v) is 12.2. The molecule has 2 N–H and O–H groups in total. The zero-order valence-corrected chi connectivity index (χ0v) is 18.5. The molecule has 1 saturated heterocycles. The lowest BCUT2D eigenvalue weighted by Gasteiger charge is -2.39. The Morgan fingerprint density at radius 2 is 1.81 bits per heavy atom. The van der Waals surface area contributed by atoms with Gasteiger partial charge in [0.2, 0.25) is 15.9 Å². The van der Waals surface area contributed by atoms with Gasteiger partial charge in [-0.15, -0.1) is 0 Å². The molecule has 5 atom stereocenters. The van der Waals surface area contributed by atoms with Gasteiger partial charge in [-0.25, -0.2) is 13.1 Å². The second-order valence-electron chi connectivity index (χ2n) is 9.00. The highest BCUT2D eigenvalue weighted by atomic mass is 32.2. The molecule has 2 fully saturated rings. The lowest BCUT2D eigenvalue weighted by Crippen LogP contribution is -2.54. The Labute approximate surface area is 165 Å². The second-order valence-corrected chi connectivity index (χ2v) is 11.3. The van der Waals surface area contributed by atoms with Gasteiger partial charge >= 0.3 is 0 Å². The van der Waals surface area contributed by atoms with Crippen LogP contribution in [0.3, 0.4) is 0 Å². The molecule has 1 aliphatic heterocycles. The number of hydrogen-bond donors (Lipinski definition) is 2. The van der Waals surface area contributed by atoms with Gasteiger partial charge in [-0.1, -0.05) is 26.7 Å². The van der Waals surface area contributed by atoms with E-state index in [-0.39, 0.29) is 23.9 Å². The quantitative estimate of drug-likeness (QED) is 0.686. The van der Waals surface area contributed by atoms with E-state index in [1.807, 2.05) is 6.92 Å². The van der Waals surface area contributed by atoms with Crippen LogP contribution in [0.15, 0.2) is 0 Å². The summed E-state index contributed by atoms with van der Waals surface area (Å²) in [4.78, 5) is 15.0. The van der Waals surface area contributed by atoms with Crippen molar-refractivity contribution in [3.05, 3.63) is 0 Å². The molecule has 7 heteroatoms. The highest BCUT2D eigenvalue weighted by Crippen LogP contribution is 2.29. The molecule has 1 aliphatic carbocycles. The minimum absolute atomic E-state index is 0.115. The summed E-state index contributed by atoms with van der Waals surface area (Å²) in [6.45, 7) is 12.0. The van der Waals surface area contributed by atoms with Gasteiger partial charge in [0.25, 0.3) is 0 Å². The van der Waals surface area contributed by atoms with Gasteiger partial charge in [0.15, 0.2) is 0 Å². The van der Waals surface area contributed by atoms with Gasteiger partial charge in [0.05, 0.1) is 11.3 Å². The van der Waals surface area contributed by atoms with Crippen molar-refractivity contribution in [2.24, 2.45) is 17.8 Å². The van der Waals surface area contributed by atoms with Crippen molar-refractivity contribution in [1.82, 2.24) is 14.9 Å². The first kappa shape index (κ1) is 22.6. The highest BCUT2D eigenvalue weighted by molar-refractivity contribution is 7.90. The Bertz CT molecular complexity index is 593. The van der Waals surface area contributed by atoms with Crippen LogP contribution in [-0.2, 0) is 14.8 Å². The fourth-order valence-corrected chi connectivity index (χ4v) is 5.07.